The summed E-state index contributed by atoms with van der Waals surface area (Å²) in [4.78, 5) is 12.8. The zero-order chi connectivity index (χ0) is 13.0. The molecule has 1 aromatic carbocycles. The highest BCUT2D eigenvalue weighted by molar-refractivity contribution is 9.10. The number of carboxylic acid groups (broad SMARTS) is 1. The number of piperidine rings is 1. The molecule has 0 radical (unpaired) electrons. The lowest BCUT2D eigenvalue weighted by Gasteiger charge is -2.31. The summed E-state index contributed by atoms with van der Waals surface area (Å²) < 4.78 is 1.13. The quantitative estimate of drug-likeness (QED) is 0.929. The number of nitrogens with zero attached hydrogens (tertiary/aromatic N) is 1. The third-order valence-corrected chi connectivity index (χ3v) is 4.04. The van der Waals surface area contributed by atoms with Gasteiger partial charge in [0.1, 0.15) is 0 Å². The molecule has 0 aliphatic carbocycles. The minimum Gasteiger partial charge on any atom is -0.481 e. The topological polar surface area (TPSA) is 40.5 Å². The second-order valence-corrected chi connectivity index (χ2v) is 5.73. The largest absolute Gasteiger partial charge is 0.481 e. The highest BCUT2D eigenvalue weighted by Gasteiger charge is 2.20. The minimum absolute atomic E-state index is 0.252. The van der Waals surface area contributed by atoms with Crippen LogP contribution < -0.4 is 0 Å². The highest BCUT2D eigenvalue weighted by atomic mass is 79.9. The van der Waals surface area contributed by atoms with Crippen LogP contribution in [0.1, 0.15) is 30.7 Å². The predicted octanol–water partition coefficient (Wildman–Crippen LogP) is 3.10. The Morgan fingerprint density at radius 3 is 2.72 bits per heavy atom. The molecule has 1 N–H and O–H groups in total. The van der Waals surface area contributed by atoms with Gasteiger partial charge >= 0.3 is 5.97 Å². The Hall–Kier alpha value is -0.870. The van der Waals surface area contributed by atoms with E-state index in [1.54, 1.807) is 0 Å². The SMILES string of the molecule is O=C(O)CCN1CCC(c2cccc(Br)c2)CC1. The summed E-state index contributed by atoms with van der Waals surface area (Å²) >= 11 is 3.51. The Bertz CT molecular complexity index is 414. The van der Waals surface area contributed by atoms with E-state index in [1.165, 1.54) is 5.56 Å². The van der Waals surface area contributed by atoms with Gasteiger partial charge in [0.2, 0.25) is 0 Å². The molecule has 0 unspecified atom stereocenters. The molecule has 0 bridgehead atoms. The third-order valence-electron chi connectivity index (χ3n) is 3.55. The normalized spacial score (nSPS) is 17.8. The van der Waals surface area contributed by atoms with Crippen molar-refractivity contribution in [2.45, 2.75) is 25.2 Å². The van der Waals surface area contributed by atoms with Crippen LogP contribution in [0.25, 0.3) is 0 Å². The van der Waals surface area contributed by atoms with Crippen molar-refractivity contribution in [3.8, 4) is 0 Å². The fourth-order valence-electron chi connectivity index (χ4n) is 2.50. The first-order valence-electron chi connectivity index (χ1n) is 6.35. The monoisotopic (exact) mass is 311 g/mol. The second kappa shape index (κ2) is 6.34. The number of benzene rings is 1. The minimum atomic E-state index is -0.705. The van der Waals surface area contributed by atoms with Gasteiger partial charge in [-0.1, -0.05) is 28.1 Å². The molecule has 1 saturated heterocycles. The Labute approximate surface area is 116 Å². The van der Waals surface area contributed by atoms with Crippen LogP contribution in [0, 0.1) is 0 Å². The van der Waals surface area contributed by atoms with E-state index < -0.39 is 5.97 Å². The van der Waals surface area contributed by atoms with Gasteiger partial charge in [0, 0.05) is 11.0 Å². The molecule has 1 aromatic rings. The van der Waals surface area contributed by atoms with Crippen LogP contribution in [0.5, 0.6) is 0 Å². The van der Waals surface area contributed by atoms with E-state index in [0.717, 1.165) is 30.4 Å². The average molecular weight is 312 g/mol. The number of hydrogen-bond acceptors (Lipinski definition) is 2. The van der Waals surface area contributed by atoms with E-state index in [9.17, 15) is 4.79 Å². The van der Waals surface area contributed by atoms with Crippen LogP contribution in [0.15, 0.2) is 28.7 Å². The Balaban J connectivity index is 1.85. The van der Waals surface area contributed by atoms with Crippen molar-refractivity contribution in [1.29, 1.82) is 0 Å². The third kappa shape index (κ3) is 3.82. The summed E-state index contributed by atoms with van der Waals surface area (Å²) in [5.74, 6) is -0.0901. The molecule has 1 fully saturated rings. The molecule has 2 rings (SSSR count). The zero-order valence-corrected chi connectivity index (χ0v) is 11.9. The van der Waals surface area contributed by atoms with Gasteiger partial charge in [0.15, 0.2) is 0 Å². The van der Waals surface area contributed by atoms with Crippen LogP contribution >= 0.6 is 15.9 Å². The molecule has 18 heavy (non-hydrogen) atoms. The van der Waals surface area contributed by atoms with Crippen molar-refractivity contribution in [3.63, 3.8) is 0 Å². The fourth-order valence-corrected chi connectivity index (χ4v) is 2.92. The molecule has 0 amide bonds. The zero-order valence-electron chi connectivity index (χ0n) is 10.3. The number of rotatable bonds is 4. The molecular formula is C14H18BrNO2. The van der Waals surface area contributed by atoms with Crippen molar-refractivity contribution >= 4 is 21.9 Å². The number of halogens is 1. The van der Waals surface area contributed by atoms with Gasteiger partial charge in [-0.15, -0.1) is 0 Å². The fraction of sp³-hybridized carbons (Fsp3) is 0.500. The van der Waals surface area contributed by atoms with Gasteiger partial charge in [-0.05, 0) is 49.5 Å². The molecule has 0 spiro atoms. The molecule has 98 valence electrons. The number of carbonyl (C=O) groups is 1. The van der Waals surface area contributed by atoms with Crippen molar-refractivity contribution in [3.05, 3.63) is 34.3 Å². The van der Waals surface area contributed by atoms with Gasteiger partial charge in [0.05, 0.1) is 6.42 Å². The lowest BCUT2D eigenvalue weighted by molar-refractivity contribution is -0.137. The smallest absolute Gasteiger partial charge is 0.304 e. The molecule has 4 heteroatoms. The summed E-state index contributed by atoms with van der Waals surface area (Å²) in [5.41, 5.74) is 1.39. The van der Waals surface area contributed by atoms with Gasteiger partial charge in [-0.3, -0.25) is 4.79 Å². The first-order chi connectivity index (χ1) is 8.65. The van der Waals surface area contributed by atoms with Gasteiger partial charge in [-0.25, -0.2) is 0 Å². The highest BCUT2D eigenvalue weighted by Crippen LogP contribution is 2.29. The molecule has 0 saturated carbocycles. The Morgan fingerprint density at radius 2 is 2.11 bits per heavy atom. The maximum Gasteiger partial charge on any atom is 0.304 e. The average Bonchev–Trinajstić information content (AvgIpc) is 2.37. The number of carboxylic acids is 1. The van der Waals surface area contributed by atoms with E-state index in [-0.39, 0.29) is 6.42 Å². The van der Waals surface area contributed by atoms with E-state index >= 15 is 0 Å². The van der Waals surface area contributed by atoms with Crippen LogP contribution in [-0.4, -0.2) is 35.6 Å². The summed E-state index contributed by atoms with van der Waals surface area (Å²) in [5, 5.41) is 8.67. The molecule has 0 atom stereocenters. The summed E-state index contributed by atoms with van der Waals surface area (Å²) in [6.45, 7) is 2.69. The number of hydrogen-bond donors (Lipinski definition) is 1. The maximum absolute atomic E-state index is 10.5. The standard InChI is InChI=1S/C14H18BrNO2/c15-13-3-1-2-12(10-13)11-4-7-16(8-5-11)9-6-14(17)18/h1-3,10-11H,4-9H2,(H,17,18). The van der Waals surface area contributed by atoms with Crippen molar-refractivity contribution in [2.75, 3.05) is 19.6 Å². The van der Waals surface area contributed by atoms with Crippen LogP contribution in [0.4, 0.5) is 0 Å². The van der Waals surface area contributed by atoms with E-state index in [4.69, 9.17) is 5.11 Å². The molecule has 1 aliphatic rings. The predicted molar refractivity (Wildman–Crippen MR) is 74.8 cm³/mol. The summed E-state index contributed by atoms with van der Waals surface area (Å²) in [6.07, 6.45) is 2.49. The molecular weight excluding hydrogens is 294 g/mol. The van der Waals surface area contributed by atoms with Crippen LogP contribution in [0.3, 0.4) is 0 Å². The first-order valence-corrected chi connectivity index (χ1v) is 7.14. The molecule has 3 nitrogen and oxygen atoms in total. The number of likely N-dealkylation sites (tertiary alicyclic amines) is 1. The molecule has 1 aliphatic heterocycles. The Kier molecular flexibility index (Phi) is 4.78. The van der Waals surface area contributed by atoms with Gasteiger partial charge in [0.25, 0.3) is 0 Å². The maximum atomic E-state index is 10.5. The van der Waals surface area contributed by atoms with E-state index in [2.05, 4.69) is 39.0 Å². The lowest BCUT2D eigenvalue weighted by atomic mass is 9.89. The Morgan fingerprint density at radius 1 is 1.39 bits per heavy atom. The van der Waals surface area contributed by atoms with Crippen molar-refractivity contribution < 1.29 is 9.90 Å². The molecule has 1 heterocycles. The number of aliphatic carboxylic acids is 1. The van der Waals surface area contributed by atoms with E-state index in [1.807, 2.05) is 6.07 Å². The lowest BCUT2D eigenvalue weighted by Crippen LogP contribution is -2.34. The summed E-state index contributed by atoms with van der Waals surface area (Å²) in [7, 11) is 0. The van der Waals surface area contributed by atoms with Crippen molar-refractivity contribution in [1.82, 2.24) is 4.90 Å². The van der Waals surface area contributed by atoms with E-state index in [0.29, 0.717) is 12.5 Å². The summed E-state index contributed by atoms with van der Waals surface area (Å²) in [6, 6.07) is 8.50. The van der Waals surface area contributed by atoms with Crippen LogP contribution in [-0.2, 0) is 4.79 Å². The van der Waals surface area contributed by atoms with Gasteiger partial charge in [-0.2, -0.15) is 0 Å². The van der Waals surface area contributed by atoms with Crippen molar-refractivity contribution in [2.24, 2.45) is 0 Å². The molecule has 0 aromatic heterocycles. The second-order valence-electron chi connectivity index (χ2n) is 4.81. The van der Waals surface area contributed by atoms with Crippen LogP contribution in [0.2, 0.25) is 0 Å². The first kappa shape index (κ1) is 13.6. The van der Waals surface area contributed by atoms with Gasteiger partial charge < -0.3 is 10.0 Å².